The molecule has 0 spiro atoms. The van der Waals surface area contributed by atoms with Crippen molar-refractivity contribution in [2.24, 2.45) is 0 Å². The standard InChI is InChI=1S/C18H30FN5O/c1-23(2)18-20-9-8-17(22-18)24-12-13(19)10-15(24)11-21-14-4-6-16(25-3)7-5-14/h8-9,13-16,21H,4-7,10-12H2,1-3H3/t13-,14?,15-,16?/m0/s1. The van der Waals surface area contributed by atoms with Gasteiger partial charge in [0.1, 0.15) is 12.0 Å². The lowest BCUT2D eigenvalue weighted by atomic mass is 9.93. The predicted molar refractivity (Wildman–Crippen MR) is 98.1 cm³/mol. The van der Waals surface area contributed by atoms with Crippen molar-refractivity contribution < 1.29 is 9.13 Å². The van der Waals surface area contributed by atoms with Crippen molar-refractivity contribution in [3.8, 4) is 0 Å². The largest absolute Gasteiger partial charge is 0.381 e. The zero-order chi connectivity index (χ0) is 17.8. The number of anilines is 2. The van der Waals surface area contributed by atoms with Crippen LogP contribution in [-0.2, 0) is 4.74 Å². The summed E-state index contributed by atoms with van der Waals surface area (Å²) in [5.41, 5.74) is 0. The Bertz CT molecular complexity index is 550. The van der Waals surface area contributed by atoms with E-state index in [9.17, 15) is 4.39 Å². The quantitative estimate of drug-likeness (QED) is 0.846. The van der Waals surface area contributed by atoms with Crippen molar-refractivity contribution in [2.45, 2.75) is 56.5 Å². The van der Waals surface area contributed by atoms with Crippen molar-refractivity contribution in [3.05, 3.63) is 12.3 Å². The molecule has 0 radical (unpaired) electrons. The lowest BCUT2D eigenvalue weighted by molar-refractivity contribution is 0.0624. The van der Waals surface area contributed by atoms with Gasteiger partial charge in [0.05, 0.1) is 12.6 Å². The third-order valence-electron chi connectivity index (χ3n) is 5.34. The van der Waals surface area contributed by atoms with Crippen LogP contribution in [0.2, 0.25) is 0 Å². The first-order valence-electron chi connectivity index (χ1n) is 9.24. The number of halogens is 1. The van der Waals surface area contributed by atoms with Crippen LogP contribution in [0, 0.1) is 0 Å². The normalized spacial score (nSPS) is 29.8. The molecular weight excluding hydrogens is 321 g/mol. The Hall–Kier alpha value is -1.47. The summed E-state index contributed by atoms with van der Waals surface area (Å²) in [6.07, 6.45) is 6.38. The van der Waals surface area contributed by atoms with Gasteiger partial charge in [0.15, 0.2) is 0 Å². The highest BCUT2D eigenvalue weighted by Crippen LogP contribution is 2.27. The summed E-state index contributed by atoms with van der Waals surface area (Å²) in [6.45, 7) is 1.21. The molecule has 2 heterocycles. The van der Waals surface area contributed by atoms with E-state index in [-0.39, 0.29) is 6.04 Å². The number of hydrogen-bond donors (Lipinski definition) is 1. The van der Waals surface area contributed by atoms with Crippen LogP contribution >= 0.6 is 0 Å². The number of ether oxygens (including phenoxy) is 1. The van der Waals surface area contributed by atoms with Crippen molar-refractivity contribution in [1.29, 1.82) is 0 Å². The molecule has 1 saturated carbocycles. The second kappa shape index (κ2) is 8.27. The van der Waals surface area contributed by atoms with E-state index in [1.165, 1.54) is 0 Å². The van der Waals surface area contributed by atoms with Crippen LogP contribution in [0.4, 0.5) is 16.2 Å². The number of methoxy groups -OCH3 is 1. The number of alkyl halides is 1. The van der Waals surface area contributed by atoms with Gasteiger partial charge in [-0.1, -0.05) is 0 Å². The first-order chi connectivity index (χ1) is 12.1. The first-order valence-corrected chi connectivity index (χ1v) is 9.24. The summed E-state index contributed by atoms with van der Waals surface area (Å²) in [7, 11) is 5.62. The molecule has 0 aromatic carbocycles. The average molecular weight is 351 g/mol. The maximum absolute atomic E-state index is 14.1. The van der Waals surface area contributed by atoms with Crippen LogP contribution in [0.25, 0.3) is 0 Å². The van der Waals surface area contributed by atoms with E-state index < -0.39 is 6.17 Å². The number of rotatable bonds is 6. The van der Waals surface area contributed by atoms with Crippen LogP contribution in [0.1, 0.15) is 32.1 Å². The molecule has 25 heavy (non-hydrogen) atoms. The lowest BCUT2D eigenvalue weighted by Gasteiger charge is -2.31. The van der Waals surface area contributed by atoms with Crippen molar-refractivity contribution >= 4 is 11.8 Å². The second-order valence-electron chi connectivity index (χ2n) is 7.37. The van der Waals surface area contributed by atoms with E-state index in [1.807, 2.05) is 25.1 Å². The molecule has 0 bridgehead atoms. The molecule has 0 amide bonds. The van der Waals surface area contributed by atoms with Crippen molar-refractivity contribution in [3.63, 3.8) is 0 Å². The molecule has 3 rings (SSSR count). The molecule has 1 N–H and O–H groups in total. The molecule has 7 heteroatoms. The number of hydrogen-bond acceptors (Lipinski definition) is 6. The zero-order valence-corrected chi connectivity index (χ0v) is 15.5. The van der Waals surface area contributed by atoms with E-state index in [0.29, 0.717) is 31.1 Å². The van der Waals surface area contributed by atoms with Crippen LogP contribution in [0.15, 0.2) is 12.3 Å². The van der Waals surface area contributed by atoms with Crippen LogP contribution in [0.3, 0.4) is 0 Å². The zero-order valence-electron chi connectivity index (χ0n) is 15.5. The van der Waals surface area contributed by atoms with Crippen LogP contribution < -0.4 is 15.1 Å². The van der Waals surface area contributed by atoms with E-state index in [0.717, 1.165) is 38.0 Å². The van der Waals surface area contributed by atoms with Crippen LogP contribution in [-0.4, -0.2) is 68.6 Å². The van der Waals surface area contributed by atoms with Gasteiger partial charge in [0, 0.05) is 52.5 Å². The fourth-order valence-corrected chi connectivity index (χ4v) is 3.85. The molecule has 2 atom stereocenters. The number of nitrogens with zero attached hydrogens (tertiary/aromatic N) is 4. The van der Waals surface area contributed by atoms with Crippen molar-refractivity contribution in [1.82, 2.24) is 15.3 Å². The number of aromatic nitrogens is 2. The van der Waals surface area contributed by atoms with Gasteiger partial charge in [-0.3, -0.25) is 0 Å². The molecular formula is C18H30FN5O. The first kappa shape index (κ1) is 18.3. The van der Waals surface area contributed by atoms with Crippen LogP contribution in [0.5, 0.6) is 0 Å². The Morgan fingerprint density at radius 3 is 2.76 bits per heavy atom. The molecule has 1 saturated heterocycles. The highest BCUT2D eigenvalue weighted by Gasteiger charge is 2.33. The minimum absolute atomic E-state index is 0.139. The Morgan fingerprint density at radius 1 is 1.32 bits per heavy atom. The molecule has 2 aliphatic rings. The maximum atomic E-state index is 14.1. The van der Waals surface area contributed by atoms with Gasteiger partial charge in [0.2, 0.25) is 5.95 Å². The molecule has 1 aliphatic carbocycles. The average Bonchev–Trinajstić information content (AvgIpc) is 3.01. The highest BCUT2D eigenvalue weighted by molar-refractivity contribution is 5.45. The Balaban J connectivity index is 1.59. The van der Waals surface area contributed by atoms with Gasteiger partial charge in [-0.25, -0.2) is 9.37 Å². The van der Waals surface area contributed by atoms with E-state index in [4.69, 9.17) is 4.74 Å². The van der Waals surface area contributed by atoms with Gasteiger partial charge < -0.3 is 19.9 Å². The molecule has 0 unspecified atom stereocenters. The summed E-state index contributed by atoms with van der Waals surface area (Å²) in [5.74, 6) is 1.47. The van der Waals surface area contributed by atoms with Crippen molar-refractivity contribution in [2.75, 3.05) is 44.1 Å². The van der Waals surface area contributed by atoms with E-state index >= 15 is 0 Å². The summed E-state index contributed by atoms with van der Waals surface area (Å²) < 4.78 is 19.5. The Labute approximate surface area is 149 Å². The van der Waals surface area contributed by atoms with Gasteiger partial charge >= 0.3 is 0 Å². The Morgan fingerprint density at radius 2 is 2.08 bits per heavy atom. The second-order valence-corrected chi connectivity index (χ2v) is 7.37. The van der Waals surface area contributed by atoms with Gasteiger partial charge in [-0.2, -0.15) is 4.98 Å². The molecule has 1 aromatic heterocycles. The monoisotopic (exact) mass is 351 g/mol. The molecule has 1 aliphatic heterocycles. The molecule has 1 aromatic rings. The van der Waals surface area contributed by atoms with Gasteiger partial charge in [-0.05, 0) is 31.7 Å². The van der Waals surface area contributed by atoms with E-state index in [2.05, 4.69) is 20.2 Å². The molecule has 2 fully saturated rings. The fourth-order valence-electron chi connectivity index (χ4n) is 3.85. The summed E-state index contributed by atoms with van der Waals surface area (Å²) in [4.78, 5) is 12.8. The predicted octanol–water partition coefficient (Wildman–Crippen LogP) is 2.01. The summed E-state index contributed by atoms with van der Waals surface area (Å²) in [5, 5.41) is 3.65. The Kier molecular flexibility index (Phi) is 6.06. The minimum Gasteiger partial charge on any atom is -0.381 e. The lowest BCUT2D eigenvalue weighted by Crippen LogP contribution is -2.44. The molecule has 6 nitrogen and oxygen atoms in total. The number of nitrogens with one attached hydrogen (secondary N) is 1. The molecule has 140 valence electrons. The summed E-state index contributed by atoms with van der Waals surface area (Å²) >= 11 is 0. The SMILES string of the molecule is COC1CCC(NC[C@@H]2C[C@H](F)CN2c2ccnc(N(C)C)n2)CC1. The highest BCUT2D eigenvalue weighted by atomic mass is 19.1. The minimum atomic E-state index is -0.797. The summed E-state index contributed by atoms with van der Waals surface area (Å²) in [6, 6.07) is 2.52. The fraction of sp³-hybridized carbons (Fsp3) is 0.778. The third kappa shape index (κ3) is 4.58. The smallest absolute Gasteiger partial charge is 0.226 e. The maximum Gasteiger partial charge on any atom is 0.226 e. The van der Waals surface area contributed by atoms with Gasteiger partial charge in [-0.15, -0.1) is 0 Å². The van der Waals surface area contributed by atoms with Gasteiger partial charge in [0.25, 0.3) is 0 Å². The topological polar surface area (TPSA) is 53.5 Å². The van der Waals surface area contributed by atoms with E-state index in [1.54, 1.807) is 13.3 Å². The third-order valence-corrected chi connectivity index (χ3v) is 5.34.